The van der Waals surface area contributed by atoms with Crippen LogP contribution >= 0.6 is 0 Å². The molecule has 1 aliphatic rings. The van der Waals surface area contributed by atoms with Crippen LogP contribution in [0.2, 0.25) is 0 Å². The van der Waals surface area contributed by atoms with E-state index in [0.717, 1.165) is 35.9 Å². The number of rotatable bonds is 4. The number of carbonyl (C=O) groups excluding carboxylic acids is 1. The summed E-state index contributed by atoms with van der Waals surface area (Å²) in [6.07, 6.45) is 7.80. The van der Waals surface area contributed by atoms with E-state index in [2.05, 4.69) is 25.3 Å². The molecule has 0 aliphatic heterocycles. The summed E-state index contributed by atoms with van der Waals surface area (Å²) in [7, 11) is 0. The minimum atomic E-state index is 0.803. The minimum absolute atomic E-state index is 0.803. The van der Waals surface area contributed by atoms with Gasteiger partial charge in [-0.1, -0.05) is 26.2 Å². The molecule has 0 amide bonds. The molecule has 1 saturated carbocycles. The fourth-order valence-corrected chi connectivity index (χ4v) is 3.31. The van der Waals surface area contributed by atoms with Gasteiger partial charge in [-0.25, -0.2) is 0 Å². The maximum atomic E-state index is 11.0. The highest BCUT2D eigenvalue weighted by Crippen LogP contribution is 2.32. The molecule has 100 valence electrons. The molecule has 2 rings (SSSR count). The lowest BCUT2D eigenvalue weighted by atomic mass is 9.81. The van der Waals surface area contributed by atoms with Crippen molar-refractivity contribution in [2.45, 2.75) is 59.4 Å². The Bertz CT molecular complexity index is 411. The van der Waals surface area contributed by atoms with Crippen molar-refractivity contribution in [1.82, 2.24) is 4.57 Å². The van der Waals surface area contributed by atoms with Crippen LogP contribution in [0, 0.1) is 25.7 Å². The molecule has 0 spiro atoms. The first-order chi connectivity index (χ1) is 8.65. The second kappa shape index (κ2) is 5.73. The number of carbonyl (C=O) groups is 1. The van der Waals surface area contributed by atoms with Gasteiger partial charge in [0.25, 0.3) is 0 Å². The van der Waals surface area contributed by atoms with E-state index in [1.807, 2.05) is 6.07 Å². The summed E-state index contributed by atoms with van der Waals surface area (Å²) in [4.78, 5) is 11.0. The lowest BCUT2D eigenvalue weighted by Crippen LogP contribution is -2.19. The Morgan fingerprint density at radius 2 is 1.83 bits per heavy atom. The molecule has 2 nitrogen and oxygen atoms in total. The maximum absolute atomic E-state index is 11.0. The summed E-state index contributed by atoms with van der Waals surface area (Å²) in [5, 5.41) is 0. The van der Waals surface area contributed by atoms with Gasteiger partial charge in [-0.3, -0.25) is 4.79 Å². The van der Waals surface area contributed by atoms with E-state index in [0.29, 0.717) is 0 Å². The molecule has 1 aromatic heterocycles. The van der Waals surface area contributed by atoms with E-state index in [1.54, 1.807) is 0 Å². The van der Waals surface area contributed by atoms with E-state index in [4.69, 9.17) is 0 Å². The molecule has 0 radical (unpaired) electrons. The van der Waals surface area contributed by atoms with Crippen molar-refractivity contribution in [1.29, 1.82) is 0 Å². The summed E-state index contributed by atoms with van der Waals surface area (Å²) in [6.45, 7) is 7.58. The van der Waals surface area contributed by atoms with Crippen molar-refractivity contribution in [2.24, 2.45) is 11.8 Å². The molecule has 0 bridgehead atoms. The number of hydrogen-bond acceptors (Lipinski definition) is 1. The van der Waals surface area contributed by atoms with E-state index in [9.17, 15) is 4.79 Å². The summed E-state index contributed by atoms with van der Waals surface area (Å²) in [5.74, 6) is 1.76. The van der Waals surface area contributed by atoms with Crippen LogP contribution in [-0.2, 0) is 6.54 Å². The van der Waals surface area contributed by atoms with Crippen LogP contribution in [0.5, 0.6) is 0 Å². The lowest BCUT2D eigenvalue weighted by Gasteiger charge is -2.28. The van der Waals surface area contributed by atoms with Gasteiger partial charge in [0.2, 0.25) is 0 Å². The fourth-order valence-electron chi connectivity index (χ4n) is 3.31. The third-order valence-electron chi connectivity index (χ3n) is 4.72. The van der Waals surface area contributed by atoms with Gasteiger partial charge in [0.05, 0.1) is 0 Å². The first-order valence-electron chi connectivity index (χ1n) is 7.27. The smallest absolute Gasteiger partial charge is 0.151 e. The van der Waals surface area contributed by atoms with Crippen molar-refractivity contribution < 1.29 is 4.79 Å². The first kappa shape index (κ1) is 13.4. The van der Waals surface area contributed by atoms with Gasteiger partial charge in [0, 0.05) is 23.5 Å². The summed E-state index contributed by atoms with van der Waals surface area (Å²) in [6, 6.07) is 2.01. The quantitative estimate of drug-likeness (QED) is 0.733. The standard InChI is InChI=1S/C16H25NO/c1-4-14-5-7-15(8-6-14)10-17-12(2)9-16(11-18)13(17)3/h9,11,14-15H,4-8,10H2,1-3H3. The van der Waals surface area contributed by atoms with Crippen LogP contribution in [0.25, 0.3) is 0 Å². The molecular formula is C16H25NO. The Kier molecular flexibility index (Phi) is 4.26. The molecule has 0 N–H and O–H groups in total. The SMILES string of the molecule is CCC1CCC(Cn2c(C)cc(C=O)c2C)CC1. The van der Waals surface area contributed by atoms with Gasteiger partial charge < -0.3 is 4.57 Å². The Balaban J connectivity index is 2.02. The molecule has 0 unspecified atom stereocenters. The number of hydrogen-bond donors (Lipinski definition) is 0. The topological polar surface area (TPSA) is 22.0 Å². The van der Waals surface area contributed by atoms with Gasteiger partial charge >= 0.3 is 0 Å². The highest BCUT2D eigenvalue weighted by atomic mass is 16.1. The van der Waals surface area contributed by atoms with Crippen molar-refractivity contribution in [3.05, 3.63) is 23.0 Å². The average Bonchev–Trinajstić information content (AvgIpc) is 2.67. The maximum Gasteiger partial charge on any atom is 0.151 e. The Hall–Kier alpha value is -1.05. The molecule has 2 heteroatoms. The van der Waals surface area contributed by atoms with Crippen LogP contribution in [0.3, 0.4) is 0 Å². The van der Waals surface area contributed by atoms with Crippen molar-refractivity contribution in [2.75, 3.05) is 0 Å². The summed E-state index contributed by atoms with van der Waals surface area (Å²) in [5.41, 5.74) is 3.22. The predicted molar refractivity (Wildman–Crippen MR) is 75.0 cm³/mol. The van der Waals surface area contributed by atoms with E-state index >= 15 is 0 Å². The lowest BCUT2D eigenvalue weighted by molar-refractivity contribution is 0.112. The van der Waals surface area contributed by atoms with Crippen LogP contribution in [0.4, 0.5) is 0 Å². The Morgan fingerprint density at radius 3 is 2.33 bits per heavy atom. The molecule has 18 heavy (non-hydrogen) atoms. The van der Waals surface area contributed by atoms with Gasteiger partial charge in [-0.2, -0.15) is 0 Å². The van der Waals surface area contributed by atoms with Crippen LogP contribution in [0.1, 0.15) is 60.8 Å². The molecular weight excluding hydrogens is 222 g/mol. The molecule has 1 heterocycles. The Labute approximate surface area is 110 Å². The third kappa shape index (κ3) is 2.68. The Morgan fingerprint density at radius 1 is 1.22 bits per heavy atom. The molecule has 0 atom stereocenters. The zero-order chi connectivity index (χ0) is 13.1. The zero-order valence-electron chi connectivity index (χ0n) is 11.9. The molecule has 1 aromatic rings. The van der Waals surface area contributed by atoms with Crippen LogP contribution in [-0.4, -0.2) is 10.9 Å². The van der Waals surface area contributed by atoms with E-state index in [-0.39, 0.29) is 0 Å². The van der Waals surface area contributed by atoms with Gasteiger partial charge in [0.15, 0.2) is 6.29 Å². The monoisotopic (exact) mass is 247 g/mol. The second-order valence-electron chi connectivity index (χ2n) is 5.85. The number of aldehydes is 1. The first-order valence-corrected chi connectivity index (χ1v) is 7.27. The van der Waals surface area contributed by atoms with Gasteiger partial charge in [-0.15, -0.1) is 0 Å². The highest BCUT2D eigenvalue weighted by Gasteiger charge is 2.21. The van der Waals surface area contributed by atoms with Gasteiger partial charge in [-0.05, 0) is 44.6 Å². The predicted octanol–water partition coefficient (Wildman–Crippen LogP) is 4.13. The average molecular weight is 247 g/mol. The minimum Gasteiger partial charge on any atom is -0.348 e. The van der Waals surface area contributed by atoms with E-state index in [1.165, 1.54) is 37.8 Å². The number of nitrogens with zero attached hydrogens (tertiary/aromatic N) is 1. The van der Waals surface area contributed by atoms with Crippen molar-refractivity contribution in [3.8, 4) is 0 Å². The summed E-state index contributed by atoms with van der Waals surface area (Å²) < 4.78 is 2.33. The number of aromatic nitrogens is 1. The van der Waals surface area contributed by atoms with Gasteiger partial charge in [0.1, 0.15) is 0 Å². The van der Waals surface area contributed by atoms with Crippen molar-refractivity contribution in [3.63, 3.8) is 0 Å². The largest absolute Gasteiger partial charge is 0.348 e. The normalized spacial score (nSPS) is 24.2. The third-order valence-corrected chi connectivity index (χ3v) is 4.72. The van der Waals surface area contributed by atoms with Crippen molar-refractivity contribution >= 4 is 6.29 Å². The van der Waals surface area contributed by atoms with E-state index < -0.39 is 0 Å². The second-order valence-corrected chi connectivity index (χ2v) is 5.85. The molecule has 0 saturated heterocycles. The number of aryl methyl sites for hydroxylation is 1. The summed E-state index contributed by atoms with van der Waals surface area (Å²) >= 11 is 0. The van der Waals surface area contributed by atoms with Crippen LogP contribution < -0.4 is 0 Å². The fraction of sp³-hybridized carbons (Fsp3) is 0.688. The van der Waals surface area contributed by atoms with Crippen LogP contribution in [0.15, 0.2) is 6.07 Å². The highest BCUT2D eigenvalue weighted by molar-refractivity contribution is 5.77. The molecule has 1 fully saturated rings. The molecule has 1 aliphatic carbocycles. The molecule has 0 aromatic carbocycles. The zero-order valence-corrected chi connectivity index (χ0v) is 11.9.